The lowest BCUT2D eigenvalue weighted by Crippen LogP contribution is -2.26. The summed E-state index contributed by atoms with van der Waals surface area (Å²) < 4.78 is 5.80. The second-order valence-corrected chi connectivity index (χ2v) is 4.94. The summed E-state index contributed by atoms with van der Waals surface area (Å²) in [6, 6.07) is 7.07. The molecule has 1 heterocycles. The molecular formula is C13H13BrN2O2. The third-order valence-corrected chi connectivity index (χ3v) is 3.09. The molecule has 0 aliphatic heterocycles. The van der Waals surface area contributed by atoms with Crippen molar-refractivity contribution in [2.24, 2.45) is 0 Å². The lowest BCUT2D eigenvalue weighted by molar-refractivity contribution is 0.0786. The van der Waals surface area contributed by atoms with E-state index in [4.69, 9.17) is 10.2 Å². The Hall–Kier alpha value is -1.75. The molecule has 0 aliphatic carbocycles. The predicted octanol–water partition coefficient (Wildman–Crippen LogP) is 2.90. The van der Waals surface area contributed by atoms with Crippen LogP contribution >= 0.6 is 15.9 Å². The summed E-state index contributed by atoms with van der Waals surface area (Å²) in [6.45, 7) is 0.487. The average Bonchev–Trinajstić information content (AvgIpc) is 2.84. The highest BCUT2D eigenvalue weighted by molar-refractivity contribution is 9.10. The van der Waals surface area contributed by atoms with Gasteiger partial charge in [0.1, 0.15) is 0 Å². The monoisotopic (exact) mass is 308 g/mol. The maximum absolute atomic E-state index is 12.2. The van der Waals surface area contributed by atoms with Crippen LogP contribution < -0.4 is 5.73 Å². The molecule has 0 aliphatic rings. The van der Waals surface area contributed by atoms with Crippen LogP contribution in [-0.2, 0) is 6.54 Å². The SMILES string of the molecule is CN(Cc1ccoc1)C(=O)c1cc(Br)ccc1N. The van der Waals surface area contributed by atoms with Crippen LogP contribution in [-0.4, -0.2) is 17.9 Å². The Labute approximate surface area is 114 Å². The molecule has 0 radical (unpaired) electrons. The predicted molar refractivity (Wildman–Crippen MR) is 73.1 cm³/mol. The molecule has 94 valence electrons. The maximum Gasteiger partial charge on any atom is 0.256 e. The number of nitrogen functional groups attached to an aromatic ring is 1. The van der Waals surface area contributed by atoms with Gasteiger partial charge in [-0.1, -0.05) is 15.9 Å². The highest BCUT2D eigenvalue weighted by Gasteiger charge is 2.15. The van der Waals surface area contributed by atoms with Gasteiger partial charge in [0, 0.05) is 29.3 Å². The minimum absolute atomic E-state index is 0.116. The molecule has 0 unspecified atom stereocenters. The van der Waals surface area contributed by atoms with Crippen LogP contribution in [0.3, 0.4) is 0 Å². The minimum Gasteiger partial charge on any atom is -0.472 e. The van der Waals surface area contributed by atoms with Gasteiger partial charge >= 0.3 is 0 Å². The number of hydrogen-bond acceptors (Lipinski definition) is 3. The number of furan rings is 1. The Morgan fingerprint density at radius 1 is 1.44 bits per heavy atom. The molecule has 4 nitrogen and oxygen atoms in total. The summed E-state index contributed by atoms with van der Waals surface area (Å²) in [5.74, 6) is -0.116. The summed E-state index contributed by atoms with van der Waals surface area (Å²) in [5, 5.41) is 0. The standard InChI is InChI=1S/C13H13BrN2O2/c1-16(7-9-4-5-18-8-9)13(17)11-6-10(14)2-3-12(11)15/h2-6,8H,7,15H2,1H3. The van der Waals surface area contributed by atoms with Crippen molar-refractivity contribution in [1.82, 2.24) is 4.90 Å². The molecule has 0 spiro atoms. The van der Waals surface area contributed by atoms with Crippen molar-refractivity contribution in [1.29, 1.82) is 0 Å². The smallest absolute Gasteiger partial charge is 0.256 e. The molecule has 0 saturated heterocycles. The van der Waals surface area contributed by atoms with Crippen molar-refractivity contribution in [3.05, 3.63) is 52.4 Å². The van der Waals surface area contributed by atoms with Gasteiger partial charge in [0.05, 0.1) is 18.1 Å². The second-order valence-electron chi connectivity index (χ2n) is 4.02. The van der Waals surface area contributed by atoms with Crippen LogP contribution in [0, 0.1) is 0 Å². The summed E-state index contributed by atoms with van der Waals surface area (Å²) in [4.78, 5) is 13.8. The first kappa shape index (κ1) is 12.7. The number of amides is 1. The largest absolute Gasteiger partial charge is 0.472 e. The van der Waals surface area contributed by atoms with Crippen LogP contribution in [0.1, 0.15) is 15.9 Å². The van der Waals surface area contributed by atoms with E-state index >= 15 is 0 Å². The van der Waals surface area contributed by atoms with Gasteiger partial charge in [-0.25, -0.2) is 0 Å². The molecular weight excluding hydrogens is 296 g/mol. The van der Waals surface area contributed by atoms with Gasteiger partial charge in [-0.15, -0.1) is 0 Å². The van der Waals surface area contributed by atoms with Crippen LogP contribution in [0.4, 0.5) is 5.69 Å². The number of nitrogens with zero attached hydrogens (tertiary/aromatic N) is 1. The number of nitrogens with two attached hydrogens (primary N) is 1. The molecule has 1 aromatic heterocycles. The normalized spacial score (nSPS) is 10.3. The molecule has 18 heavy (non-hydrogen) atoms. The Bertz CT molecular complexity index is 552. The fraction of sp³-hybridized carbons (Fsp3) is 0.154. The van der Waals surface area contributed by atoms with E-state index in [-0.39, 0.29) is 5.91 Å². The van der Waals surface area contributed by atoms with Gasteiger partial charge in [-0.2, -0.15) is 0 Å². The lowest BCUT2D eigenvalue weighted by Gasteiger charge is -2.17. The van der Waals surface area contributed by atoms with Crippen LogP contribution in [0.2, 0.25) is 0 Å². The molecule has 0 fully saturated rings. The maximum atomic E-state index is 12.2. The Kier molecular flexibility index (Phi) is 3.72. The van der Waals surface area contributed by atoms with Crippen molar-refractivity contribution in [2.75, 3.05) is 12.8 Å². The molecule has 1 aromatic carbocycles. The van der Waals surface area contributed by atoms with Crippen molar-refractivity contribution >= 4 is 27.5 Å². The summed E-state index contributed by atoms with van der Waals surface area (Å²) in [6.07, 6.45) is 3.20. The zero-order chi connectivity index (χ0) is 13.1. The molecule has 0 bridgehead atoms. The topological polar surface area (TPSA) is 59.5 Å². The zero-order valence-corrected chi connectivity index (χ0v) is 11.5. The van der Waals surface area contributed by atoms with E-state index in [0.717, 1.165) is 10.0 Å². The van der Waals surface area contributed by atoms with Gasteiger partial charge in [0.25, 0.3) is 5.91 Å². The van der Waals surface area contributed by atoms with Gasteiger partial charge in [-0.3, -0.25) is 4.79 Å². The number of rotatable bonds is 3. The number of carbonyl (C=O) groups is 1. The van der Waals surface area contributed by atoms with E-state index in [1.165, 1.54) is 0 Å². The molecule has 0 saturated carbocycles. The van der Waals surface area contributed by atoms with Crippen molar-refractivity contribution in [2.45, 2.75) is 6.54 Å². The van der Waals surface area contributed by atoms with Gasteiger partial charge in [0.15, 0.2) is 0 Å². The Balaban J connectivity index is 2.17. The fourth-order valence-corrected chi connectivity index (χ4v) is 2.01. The number of hydrogen-bond donors (Lipinski definition) is 1. The molecule has 2 aromatic rings. The first-order valence-electron chi connectivity index (χ1n) is 5.39. The number of benzene rings is 1. The van der Waals surface area contributed by atoms with Crippen molar-refractivity contribution < 1.29 is 9.21 Å². The number of anilines is 1. The molecule has 1 amide bonds. The van der Waals surface area contributed by atoms with E-state index in [0.29, 0.717) is 17.8 Å². The molecule has 5 heteroatoms. The minimum atomic E-state index is -0.116. The quantitative estimate of drug-likeness (QED) is 0.887. The van der Waals surface area contributed by atoms with Crippen molar-refractivity contribution in [3.63, 3.8) is 0 Å². The van der Waals surface area contributed by atoms with Gasteiger partial charge in [0.2, 0.25) is 0 Å². The molecule has 2 rings (SSSR count). The zero-order valence-electron chi connectivity index (χ0n) is 9.89. The fourth-order valence-electron chi connectivity index (χ4n) is 1.65. The Morgan fingerprint density at radius 2 is 2.22 bits per heavy atom. The average molecular weight is 309 g/mol. The summed E-state index contributed by atoms with van der Waals surface area (Å²) in [7, 11) is 1.73. The van der Waals surface area contributed by atoms with Crippen LogP contribution in [0.25, 0.3) is 0 Å². The van der Waals surface area contributed by atoms with E-state index < -0.39 is 0 Å². The summed E-state index contributed by atoms with van der Waals surface area (Å²) in [5.41, 5.74) is 7.73. The second kappa shape index (κ2) is 5.27. The third-order valence-electron chi connectivity index (χ3n) is 2.59. The first-order valence-corrected chi connectivity index (χ1v) is 6.19. The van der Waals surface area contributed by atoms with Crippen molar-refractivity contribution in [3.8, 4) is 0 Å². The molecule has 2 N–H and O–H groups in total. The van der Waals surface area contributed by atoms with E-state index in [2.05, 4.69) is 15.9 Å². The van der Waals surface area contributed by atoms with Crippen LogP contribution in [0.15, 0.2) is 45.7 Å². The third kappa shape index (κ3) is 2.73. The Morgan fingerprint density at radius 3 is 2.89 bits per heavy atom. The highest BCUT2D eigenvalue weighted by Crippen LogP contribution is 2.20. The lowest BCUT2D eigenvalue weighted by atomic mass is 10.1. The van der Waals surface area contributed by atoms with E-state index in [1.807, 2.05) is 12.1 Å². The number of carbonyl (C=O) groups excluding carboxylic acids is 1. The van der Waals surface area contributed by atoms with E-state index in [1.54, 1.807) is 36.6 Å². The highest BCUT2D eigenvalue weighted by atomic mass is 79.9. The van der Waals surface area contributed by atoms with Gasteiger partial charge < -0.3 is 15.1 Å². The summed E-state index contributed by atoms with van der Waals surface area (Å²) >= 11 is 3.33. The first-order chi connectivity index (χ1) is 8.58. The van der Waals surface area contributed by atoms with E-state index in [9.17, 15) is 4.79 Å². The number of halogens is 1. The van der Waals surface area contributed by atoms with Gasteiger partial charge in [-0.05, 0) is 24.3 Å². The molecule has 0 atom stereocenters. The van der Waals surface area contributed by atoms with Crippen LogP contribution in [0.5, 0.6) is 0 Å².